The van der Waals surface area contributed by atoms with E-state index in [1.54, 1.807) is 35.4 Å². The molecule has 5 aromatic rings. The van der Waals surface area contributed by atoms with Crippen molar-refractivity contribution in [1.82, 2.24) is 20.2 Å². The minimum Gasteiger partial charge on any atom is -0.496 e. The number of amides is 6. The molecule has 0 aliphatic carbocycles. The fourth-order valence-electron chi connectivity index (χ4n) is 7.92. The molecule has 2 aromatic heterocycles. The quantitative estimate of drug-likeness (QED) is 0.0833. The number of nitrogens with zero attached hydrogens (tertiary/aromatic N) is 4. The van der Waals surface area contributed by atoms with E-state index in [0.29, 0.717) is 54.0 Å². The summed E-state index contributed by atoms with van der Waals surface area (Å²) in [6.45, 7) is 3.54. The number of rotatable bonds is 15. The molecule has 1 atom stereocenters. The van der Waals surface area contributed by atoms with Gasteiger partial charge >= 0.3 is 0 Å². The van der Waals surface area contributed by atoms with E-state index in [9.17, 15) is 28.8 Å². The van der Waals surface area contributed by atoms with Gasteiger partial charge in [-0.1, -0.05) is 24.3 Å². The van der Waals surface area contributed by atoms with Crippen molar-refractivity contribution in [2.45, 2.75) is 57.9 Å². The van der Waals surface area contributed by atoms with Crippen LogP contribution < -0.4 is 30.3 Å². The summed E-state index contributed by atoms with van der Waals surface area (Å²) in [5.74, 6) is -1.36. The Balaban J connectivity index is 0.786. The number of anilines is 3. The lowest BCUT2D eigenvalue weighted by Gasteiger charge is -2.27. The molecule has 6 amide bonds. The van der Waals surface area contributed by atoms with Gasteiger partial charge in [0.05, 0.1) is 37.0 Å². The number of methoxy groups -OCH3 is 1. The molecule has 3 aliphatic rings. The Hall–Kier alpha value is -6.94. The van der Waals surface area contributed by atoms with Crippen LogP contribution >= 0.6 is 11.3 Å². The van der Waals surface area contributed by atoms with E-state index in [1.807, 2.05) is 43.3 Å². The second kappa shape index (κ2) is 17.7. The van der Waals surface area contributed by atoms with Crippen LogP contribution in [-0.2, 0) is 27.2 Å². The molecule has 8 rings (SSSR count). The van der Waals surface area contributed by atoms with E-state index >= 15 is 0 Å². The molecule has 1 fully saturated rings. The molecule has 0 spiro atoms. The fourth-order valence-corrected chi connectivity index (χ4v) is 8.77. The van der Waals surface area contributed by atoms with Crippen LogP contribution in [0.1, 0.15) is 79.2 Å². The zero-order valence-corrected chi connectivity index (χ0v) is 34.4. The number of thiazole rings is 1. The maximum Gasteiger partial charge on any atom is 0.264 e. The number of nitrogens with one attached hydrogen (secondary N) is 3. The first-order valence-corrected chi connectivity index (χ1v) is 20.9. The molecule has 1 unspecified atom stereocenters. The van der Waals surface area contributed by atoms with Gasteiger partial charge in [-0.15, -0.1) is 11.3 Å². The van der Waals surface area contributed by atoms with Crippen molar-refractivity contribution in [3.8, 4) is 22.8 Å². The number of benzene rings is 3. The van der Waals surface area contributed by atoms with Gasteiger partial charge in [0.1, 0.15) is 23.1 Å². The number of ether oxygens (including phenoxy) is 2. The third-order valence-electron chi connectivity index (χ3n) is 10.9. The van der Waals surface area contributed by atoms with Gasteiger partial charge in [0, 0.05) is 53.7 Å². The lowest BCUT2D eigenvalue weighted by atomic mass is 10.0. The van der Waals surface area contributed by atoms with Gasteiger partial charge in [0.2, 0.25) is 17.7 Å². The van der Waals surface area contributed by atoms with Crippen LogP contribution in [0.2, 0.25) is 0 Å². The van der Waals surface area contributed by atoms with Gasteiger partial charge in [-0.25, -0.2) is 4.98 Å². The van der Waals surface area contributed by atoms with Crippen LogP contribution in [0.4, 0.5) is 16.5 Å². The predicted octanol–water partition coefficient (Wildman–Crippen LogP) is 5.97. The topological polar surface area (TPSA) is 189 Å². The molecule has 16 heteroatoms. The molecule has 61 heavy (non-hydrogen) atoms. The Kier molecular flexibility index (Phi) is 11.9. The summed E-state index contributed by atoms with van der Waals surface area (Å²) >= 11 is 1.41. The second-order valence-electron chi connectivity index (χ2n) is 14.9. The largest absolute Gasteiger partial charge is 0.496 e. The molecule has 3 aliphatic heterocycles. The number of piperidine rings is 1. The Morgan fingerprint density at radius 2 is 1.82 bits per heavy atom. The zero-order chi connectivity index (χ0) is 42.6. The van der Waals surface area contributed by atoms with Crippen molar-refractivity contribution in [3.63, 3.8) is 0 Å². The van der Waals surface area contributed by atoms with Gasteiger partial charge in [-0.05, 0) is 92.6 Å². The molecule has 5 heterocycles. The Morgan fingerprint density at radius 3 is 2.66 bits per heavy atom. The Labute approximate surface area is 355 Å². The van der Waals surface area contributed by atoms with Crippen LogP contribution in [-0.4, -0.2) is 83.2 Å². The van der Waals surface area contributed by atoms with Crippen molar-refractivity contribution in [1.29, 1.82) is 0 Å². The van der Waals surface area contributed by atoms with Crippen LogP contribution in [0.25, 0.3) is 11.3 Å². The van der Waals surface area contributed by atoms with Crippen molar-refractivity contribution >= 4 is 63.3 Å². The Morgan fingerprint density at radius 1 is 0.967 bits per heavy atom. The number of pyridine rings is 1. The van der Waals surface area contributed by atoms with Crippen molar-refractivity contribution in [3.05, 3.63) is 112 Å². The summed E-state index contributed by atoms with van der Waals surface area (Å²) < 4.78 is 11.4. The maximum atomic E-state index is 13.4. The minimum atomic E-state index is -1.01. The minimum absolute atomic E-state index is 0.0631. The normalized spacial score (nSPS) is 15.7. The molecule has 3 N–H and O–H groups in total. The van der Waals surface area contributed by atoms with Gasteiger partial charge in [-0.3, -0.25) is 44.0 Å². The van der Waals surface area contributed by atoms with Crippen LogP contribution in [0.15, 0.2) is 79.1 Å². The highest BCUT2D eigenvalue weighted by Crippen LogP contribution is 2.37. The first kappa shape index (κ1) is 40.8. The molecule has 1 saturated heterocycles. The predicted molar refractivity (Wildman–Crippen MR) is 228 cm³/mol. The highest BCUT2D eigenvalue weighted by atomic mass is 32.1. The number of hydrogen-bond acceptors (Lipinski definition) is 12. The average molecular weight is 842 g/mol. The van der Waals surface area contributed by atoms with Crippen LogP contribution in [0, 0.1) is 6.92 Å². The smallest absolute Gasteiger partial charge is 0.264 e. The van der Waals surface area contributed by atoms with Crippen molar-refractivity contribution in [2.24, 2.45) is 0 Å². The average Bonchev–Trinajstić information content (AvgIpc) is 3.92. The summed E-state index contributed by atoms with van der Waals surface area (Å²) in [6.07, 6.45) is 6.51. The van der Waals surface area contributed by atoms with Gasteiger partial charge in [-0.2, -0.15) is 0 Å². The molecule has 15 nitrogen and oxygen atoms in total. The first-order valence-electron chi connectivity index (χ1n) is 20.1. The fraction of sp³-hybridized carbons (Fsp3) is 0.289. The lowest BCUT2D eigenvalue weighted by molar-refractivity contribution is -0.136. The third-order valence-corrected chi connectivity index (χ3v) is 11.8. The molecule has 0 saturated carbocycles. The van der Waals surface area contributed by atoms with Gasteiger partial charge in [0.25, 0.3) is 17.7 Å². The molecular weight excluding hydrogens is 799 g/mol. The zero-order valence-electron chi connectivity index (χ0n) is 33.6. The Bertz CT molecular complexity index is 2570. The van der Waals surface area contributed by atoms with Gasteiger partial charge < -0.3 is 25.0 Å². The number of fused-ring (bicyclic) bond motifs is 2. The summed E-state index contributed by atoms with van der Waals surface area (Å²) in [5.41, 5.74) is 5.79. The van der Waals surface area contributed by atoms with E-state index in [4.69, 9.17) is 14.5 Å². The number of hydrogen-bond donors (Lipinski definition) is 3. The third kappa shape index (κ3) is 8.57. The lowest BCUT2D eigenvalue weighted by Crippen LogP contribution is -2.54. The SMILES string of the molecule is COc1ccncc1C(=O)N1CCc2cc(-c3nc(NC(=O)Cc4cccc(OCCCCCNc5cccc6c5C(=O)N(C5CCC(=O)NC5=O)C6=O)c4)sc3C)ccc21. The summed E-state index contributed by atoms with van der Waals surface area (Å²) in [6, 6.07) is 19.1. The van der Waals surface area contributed by atoms with Crippen LogP contribution in [0.3, 0.4) is 0 Å². The van der Waals surface area contributed by atoms with E-state index in [1.165, 1.54) is 24.6 Å². The van der Waals surface area contributed by atoms with E-state index in [0.717, 1.165) is 57.1 Å². The van der Waals surface area contributed by atoms with Crippen LogP contribution in [0.5, 0.6) is 11.5 Å². The second-order valence-corrected chi connectivity index (χ2v) is 16.1. The van der Waals surface area contributed by atoms with E-state index < -0.39 is 29.7 Å². The van der Waals surface area contributed by atoms with Crippen molar-refractivity contribution in [2.75, 3.05) is 42.3 Å². The molecule has 0 bridgehead atoms. The highest BCUT2D eigenvalue weighted by molar-refractivity contribution is 7.16. The molecule has 312 valence electrons. The van der Waals surface area contributed by atoms with E-state index in [2.05, 4.69) is 27.0 Å². The number of imide groups is 2. The monoisotopic (exact) mass is 841 g/mol. The standard InChI is InChI=1S/C45H43N7O8S/c1-26-40(29-12-13-34-28(24-29)17-20-51(34)42(56)32-25-46-19-16-36(32)59-2)50-45(61-26)49-38(54)23-27-8-6-9-30(22-27)60-21-5-3-4-18-47-33-11-7-10-31-39(33)44(58)52(43(31)57)35-14-15-37(53)48-41(35)55/h6-13,16,19,22,24-25,35,47H,3-5,14-15,17-18,20-21,23H2,1-2H3,(H,48,53,55)(H,49,50,54). The number of unbranched alkanes of at least 4 members (excludes halogenated alkanes) is 2. The molecule has 0 radical (unpaired) electrons. The number of carbonyl (C=O) groups excluding carboxylic acids is 6. The van der Waals surface area contributed by atoms with Gasteiger partial charge in [0.15, 0.2) is 5.13 Å². The number of aromatic nitrogens is 2. The maximum absolute atomic E-state index is 13.4. The van der Waals surface area contributed by atoms with E-state index in [-0.39, 0.29) is 42.2 Å². The summed E-state index contributed by atoms with van der Waals surface area (Å²) in [5, 5.41) is 8.95. The molecule has 3 aromatic carbocycles. The summed E-state index contributed by atoms with van der Waals surface area (Å²) in [4.78, 5) is 89.5. The summed E-state index contributed by atoms with van der Waals surface area (Å²) in [7, 11) is 1.53. The molecular formula is C45H43N7O8S. The van der Waals surface area contributed by atoms with Crippen molar-refractivity contribution < 1.29 is 38.2 Å². The first-order chi connectivity index (χ1) is 29.6. The number of carbonyl (C=O) groups is 6. The number of aryl methyl sites for hydroxylation is 1. The highest BCUT2D eigenvalue weighted by Gasteiger charge is 2.45.